The number of nitrogens with zero attached hydrogens (tertiary/aromatic N) is 4. The maximum atomic E-state index is 13.9. The predicted molar refractivity (Wildman–Crippen MR) is 131 cm³/mol. The SMILES string of the molecule is Cc1ccc(-c2cc3c(N4CCC[C@@H](C(=O)NCc5ccccc5F)C4)nccn3n2)c(C)c1. The Kier molecular flexibility index (Phi) is 6.01. The zero-order chi connectivity index (χ0) is 23.7. The molecule has 174 valence electrons. The number of aromatic nitrogens is 3. The highest BCUT2D eigenvalue weighted by Crippen LogP contribution is 2.30. The zero-order valence-corrected chi connectivity index (χ0v) is 19.5. The lowest BCUT2D eigenvalue weighted by Gasteiger charge is -2.33. The summed E-state index contributed by atoms with van der Waals surface area (Å²) < 4.78 is 15.8. The van der Waals surface area contributed by atoms with Crippen molar-refractivity contribution in [1.29, 1.82) is 0 Å². The van der Waals surface area contributed by atoms with Crippen molar-refractivity contribution in [2.24, 2.45) is 5.92 Å². The van der Waals surface area contributed by atoms with Crippen molar-refractivity contribution >= 4 is 17.2 Å². The van der Waals surface area contributed by atoms with Gasteiger partial charge in [-0.1, -0.05) is 42.0 Å². The van der Waals surface area contributed by atoms with Gasteiger partial charge in [0.05, 0.1) is 11.6 Å². The van der Waals surface area contributed by atoms with Gasteiger partial charge in [0.1, 0.15) is 11.3 Å². The van der Waals surface area contributed by atoms with E-state index in [1.807, 2.05) is 10.7 Å². The number of fused-ring (bicyclic) bond motifs is 1. The molecule has 6 nitrogen and oxygen atoms in total. The molecule has 1 aliphatic rings. The molecule has 1 aliphatic heterocycles. The number of rotatable bonds is 5. The first-order valence-corrected chi connectivity index (χ1v) is 11.7. The molecule has 1 atom stereocenters. The molecule has 4 aromatic rings. The largest absolute Gasteiger partial charge is 0.354 e. The monoisotopic (exact) mass is 457 g/mol. The van der Waals surface area contributed by atoms with Crippen LogP contribution in [0.1, 0.15) is 29.5 Å². The third-order valence-corrected chi connectivity index (χ3v) is 6.53. The molecule has 0 unspecified atom stereocenters. The molecule has 0 bridgehead atoms. The van der Waals surface area contributed by atoms with E-state index in [2.05, 4.69) is 53.3 Å². The summed E-state index contributed by atoms with van der Waals surface area (Å²) in [5.41, 5.74) is 5.83. The molecule has 0 aliphatic carbocycles. The van der Waals surface area contributed by atoms with Gasteiger partial charge >= 0.3 is 0 Å². The summed E-state index contributed by atoms with van der Waals surface area (Å²) in [6.45, 7) is 5.77. The lowest BCUT2D eigenvalue weighted by Crippen LogP contribution is -2.43. The van der Waals surface area contributed by atoms with Gasteiger partial charge in [-0.15, -0.1) is 0 Å². The average Bonchev–Trinajstić information content (AvgIpc) is 3.27. The molecule has 1 fully saturated rings. The van der Waals surface area contributed by atoms with Gasteiger partial charge in [0.15, 0.2) is 5.82 Å². The van der Waals surface area contributed by atoms with Crippen molar-refractivity contribution in [1.82, 2.24) is 19.9 Å². The number of anilines is 1. The van der Waals surface area contributed by atoms with Crippen LogP contribution in [-0.4, -0.2) is 33.6 Å². The molecule has 3 heterocycles. The summed E-state index contributed by atoms with van der Waals surface area (Å²) in [4.78, 5) is 19.7. The molecule has 0 spiro atoms. The van der Waals surface area contributed by atoms with E-state index in [9.17, 15) is 9.18 Å². The highest BCUT2D eigenvalue weighted by atomic mass is 19.1. The third-order valence-electron chi connectivity index (χ3n) is 6.53. The second-order valence-electron chi connectivity index (χ2n) is 9.02. The highest BCUT2D eigenvalue weighted by Gasteiger charge is 2.28. The van der Waals surface area contributed by atoms with E-state index in [0.717, 1.165) is 42.0 Å². The molecule has 1 amide bonds. The predicted octanol–water partition coefficient (Wildman–Crippen LogP) is 4.69. The summed E-state index contributed by atoms with van der Waals surface area (Å²) in [6.07, 6.45) is 5.30. The van der Waals surface area contributed by atoms with Crippen LogP contribution < -0.4 is 10.2 Å². The summed E-state index contributed by atoms with van der Waals surface area (Å²) in [5, 5.41) is 7.70. The quantitative estimate of drug-likeness (QED) is 0.473. The van der Waals surface area contributed by atoms with Crippen LogP contribution in [-0.2, 0) is 11.3 Å². The summed E-state index contributed by atoms with van der Waals surface area (Å²) in [5.74, 6) is 0.301. The summed E-state index contributed by atoms with van der Waals surface area (Å²) >= 11 is 0. The minimum absolute atomic E-state index is 0.0515. The molecule has 1 saturated heterocycles. The first-order valence-electron chi connectivity index (χ1n) is 11.7. The minimum Gasteiger partial charge on any atom is -0.354 e. The number of hydrogen-bond donors (Lipinski definition) is 1. The van der Waals surface area contributed by atoms with Crippen LogP contribution in [0.3, 0.4) is 0 Å². The average molecular weight is 458 g/mol. The smallest absolute Gasteiger partial charge is 0.225 e. The van der Waals surface area contributed by atoms with Crippen LogP contribution in [0.2, 0.25) is 0 Å². The number of carbonyl (C=O) groups is 1. The number of halogens is 1. The van der Waals surface area contributed by atoms with Gasteiger partial charge in [-0.3, -0.25) is 4.79 Å². The molecular weight excluding hydrogens is 429 g/mol. The molecule has 5 rings (SSSR count). The van der Waals surface area contributed by atoms with Gasteiger partial charge in [-0.25, -0.2) is 13.9 Å². The number of aryl methyl sites for hydroxylation is 2. The first kappa shape index (κ1) is 22.1. The van der Waals surface area contributed by atoms with E-state index in [-0.39, 0.29) is 24.2 Å². The van der Waals surface area contributed by atoms with Crippen LogP contribution in [0.4, 0.5) is 10.2 Å². The number of carbonyl (C=O) groups excluding carboxylic acids is 1. The van der Waals surface area contributed by atoms with E-state index < -0.39 is 0 Å². The third kappa shape index (κ3) is 4.38. The fourth-order valence-corrected chi connectivity index (χ4v) is 4.74. The molecule has 7 heteroatoms. The Morgan fingerprint density at radius 3 is 2.85 bits per heavy atom. The van der Waals surface area contributed by atoms with E-state index in [1.54, 1.807) is 24.4 Å². The number of benzene rings is 2. The minimum atomic E-state index is -0.302. The lowest BCUT2D eigenvalue weighted by molar-refractivity contribution is -0.125. The Balaban J connectivity index is 1.35. The topological polar surface area (TPSA) is 62.5 Å². The van der Waals surface area contributed by atoms with Gasteiger partial charge in [-0.05, 0) is 44.4 Å². The Morgan fingerprint density at radius 1 is 1.18 bits per heavy atom. The van der Waals surface area contributed by atoms with Crippen molar-refractivity contribution in [2.45, 2.75) is 33.2 Å². The van der Waals surface area contributed by atoms with Crippen molar-refractivity contribution < 1.29 is 9.18 Å². The van der Waals surface area contributed by atoms with Gasteiger partial charge in [0, 0.05) is 43.2 Å². The molecule has 2 aromatic heterocycles. The number of hydrogen-bond acceptors (Lipinski definition) is 4. The van der Waals surface area contributed by atoms with Crippen molar-refractivity contribution in [3.63, 3.8) is 0 Å². The number of amides is 1. The van der Waals surface area contributed by atoms with Crippen molar-refractivity contribution in [2.75, 3.05) is 18.0 Å². The van der Waals surface area contributed by atoms with E-state index in [0.29, 0.717) is 12.1 Å². The zero-order valence-electron chi connectivity index (χ0n) is 19.5. The first-order chi connectivity index (χ1) is 16.5. The van der Waals surface area contributed by atoms with Crippen LogP contribution in [0.25, 0.3) is 16.8 Å². The van der Waals surface area contributed by atoms with Gasteiger partial charge in [-0.2, -0.15) is 5.10 Å². The maximum absolute atomic E-state index is 13.9. The second kappa shape index (κ2) is 9.25. The molecule has 34 heavy (non-hydrogen) atoms. The second-order valence-corrected chi connectivity index (χ2v) is 9.02. The lowest BCUT2D eigenvalue weighted by atomic mass is 9.97. The Morgan fingerprint density at radius 2 is 2.03 bits per heavy atom. The fourth-order valence-electron chi connectivity index (χ4n) is 4.74. The van der Waals surface area contributed by atoms with E-state index >= 15 is 0 Å². The van der Waals surface area contributed by atoms with Crippen molar-refractivity contribution in [3.8, 4) is 11.3 Å². The number of piperidine rings is 1. The van der Waals surface area contributed by atoms with Gasteiger partial charge < -0.3 is 10.2 Å². The van der Waals surface area contributed by atoms with Gasteiger partial charge in [0.2, 0.25) is 5.91 Å². The summed E-state index contributed by atoms with van der Waals surface area (Å²) in [6, 6.07) is 15.0. The molecule has 0 saturated carbocycles. The molecule has 1 N–H and O–H groups in total. The molecule has 0 radical (unpaired) electrons. The van der Waals surface area contributed by atoms with Crippen molar-refractivity contribution in [3.05, 3.63) is 83.4 Å². The van der Waals surface area contributed by atoms with Crippen LogP contribution in [0.15, 0.2) is 60.9 Å². The number of nitrogens with one attached hydrogen (secondary N) is 1. The van der Waals surface area contributed by atoms with Crippen LogP contribution in [0.5, 0.6) is 0 Å². The fraction of sp³-hybridized carbons (Fsp3) is 0.296. The van der Waals surface area contributed by atoms with E-state index in [4.69, 9.17) is 5.10 Å². The normalized spacial score (nSPS) is 16.1. The molecular formula is C27H28FN5O. The van der Waals surface area contributed by atoms with Gasteiger partial charge in [0.25, 0.3) is 0 Å². The van der Waals surface area contributed by atoms with E-state index in [1.165, 1.54) is 17.2 Å². The highest BCUT2D eigenvalue weighted by molar-refractivity contribution is 5.81. The Labute approximate surface area is 198 Å². The Hall–Kier alpha value is -3.74. The van der Waals surface area contributed by atoms with Crippen LogP contribution >= 0.6 is 0 Å². The summed E-state index contributed by atoms with van der Waals surface area (Å²) in [7, 11) is 0. The standard InChI is InChI=1S/C27H28FN5O/c1-18-9-10-22(19(2)14-18)24-15-25-26(29-11-13-33(25)31-24)32-12-5-7-21(17-32)27(34)30-16-20-6-3-4-8-23(20)28/h3-4,6,8-11,13-15,21H,5,7,12,16-17H2,1-2H3,(H,30,34)/t21-/m1/s1. The van der Waals surface area contributed by atoms with Crippen LogP contribution in [0, 0.1) is 25.6 Å². The maximum Gasteiger partial charge on any atom is 0.225 e. The Bertz CT molecular complexity index is 1350. The molecule has 2 aromatic carbocycles.